The summed E-state index contributed by atoms with van der Waals surface area (Å²) in [5, 5.41) is 4.71. The van der Waals surface area contributed by atoms with Gasteiger partial charge in [0.1, 0.15) is 0 Å². The lowest BCUT2D eigenvalue weighted by Crippen LogP contribution is -2.22. The minimum absolute atomic E-state index is 0.483. The highest BCUT2D eigenvalue weighted by atomic mass is 32.1. The monoisotopic (exact) mass is 297 g/mol. The van der Waals surface area contributed by atoms with E-state index in [2.05, 4.69) is 31.1 Å². The highest BCUT2D eigenvalue weighted by Gasteiger charge is 2.22. The van der Waals surface area contributed by atoms with Gasteiger partial charge in [-0.1, -0.05) is 13.8 Å². The number of hydrogen-bond acceptors (Lipinski definition) is 5. The van der Waals surface area contributed by atoms with Crippen LogP contribution in [0.3, 0.4) is 0 Å². The number of aromatic nitrogens is 1. The van der Waals surface area contributed by atoms with E-state index >= 15 is 0 Å². The Morgan fingerprint density at radius 2 is 2.20 bits per heavy atom. The molecule has 0 saturated heterocycles. The maximum Gasteiger partial charge on any atom is 0.185 e. The van der Waals surface area contributed by atoms with E-state index in [1.807, 2.05) is 18.3 Å². The largest absolute Gasteiger partial charge is 0.380 e. The minimum atomic E-state index is 0.483. The number of rotatable bonds is 9. The van der Waals surface area contributed by atoms with Crippen LogP contribution in [0.5, 0.6) is 0 Å². The van der Waals surface area contributed by atoms with Crippen molar-refractivity contribution < 1.29 is 4.74 Å². The fourth-order valence-electron chi connectivity index (χ4n) is 2.06. The van der Waals surface area contributed by atoms with Gasteiger partial charge >= 0.3 is 0 Å². The summed E-state index contributed by atoms with van der Waals surface area (Å²) in [6, 6.07) is 0.747. The zero-order valence-electron chi connectivity index (χ0n) is 13.1. The fourth-order valence-corrected chi connectivity index (χ4v) is 3.21. The molecule has 0 spiro atoms. The molecule has 0 aromatic carbocycles. The number of nitrogens with zero attached hydrogens (tertiary/aromatic N) is 2. The van der Waals surface area contributed by atoms with Gasteiger partial charge < -0.3 is 15.0 Å². The van der Waals surface area contributed by atoms with E-state index in [-0.39, 0.29) is 0 Å². The van der Waals surface area contributed by atoms with E-state index < -0.39 is 0 Å². The molecule has 0 unspecified atom stereocenters. The summed E-state index contributed by atoms with van der Waals surface area (Å²) in [4.78, 5) is 8.43. The van der Waals surface area contributed by atoms with Crippen LogP contribution in [0.2, 0.25) is 0 Å². The van der Waals surface area contributed by atoms with E-state index in [1.54, 1.807) is 0 Å². The molecule has 1 N–H and O–H groups in total. The first-order valence-corrected chi connectivity index (χ1v) is 8.45. The van der Waals surface area contributed by atoms with E-state index in [9.17, 15) is 0 Å². The van der Waals surface area contributed by atoms with Gasteiger partial charge in [0.2, 0.25) is 0 Å². The highest BCUT2D eigenvalue weighted by molar-refractivity contribution is 7.15. The van der Waals surface area contributed by atoms with Crippen LogP contribution in [0.25, 0.3) is 0 Å². The van der Waals surface area contributed by atoms with Crippen LogP contribution >= 0.6 is 11.3 Å². The second kappa shape index (κ2) is 7.38. The number of hydrogen-bond donors (Lipinski definition) is 1. The number of nitrogens with one attached hydrogen (secondary N) is 1. The highest BCUT2D eigenvalue weighted by Crippen LogP contribution is 2.31. The standard InChI is InChI=1S/C15H27N3OS/c1-5-19-9-8-18(4)15-17-14(11(2)3)13(20-15)10-16-12-6-7-12/h11-12,16H,5-10H2,1-4H3. The summed E-state index contributed by atoms with van der Waals surface area (Å²) in [6.07, 6.45) is 2.66. The quantitative estimate of drug-likeness (QED) is 0.711. The Morgan fingerprint density at radius 3 is 2.80 bits per heavy atom. The molecule has 0 amide bonds. The van der Waals surface area contributed by atoms with E-state index in [1.165, 1.54) is 23.4 Å². The Morgan fingerprint density at radius 1 is 1.45 bits per heavy atom. The molecule has 1 heterocycles. The molecule has 1 aliphatic carbocycles. The van der Waals surface area contributed by atoms with Crippen LogP contribution in [0.4, 0.5) is 5.13 Å². The number of thiazole rings is 1. The Kier molecular flexibility index (Phi) is 5.81. The van der Waals surface area contributed by atoms with Gasteiger partial charge in [0.05, 0.1) is 12.3 Å². The maximum absolute atomic E-state index is 5.42. The van der Waals surface area contributed by atoms with Crippen LogP contribution in [-0.2, 0) is 11.3 Å². The molecule has 0 bridgehead atoms. The fraction of sp³-hybridized carbons (Fsp3) is 0.800. The second-order valence-electron chi connectivity index (χ2n) is 5.73. The molecule has 0 aliphatic heterocycles. The first-order chi connectivity index (χ1) is 9.61. The Bertz CT molecular complexity index is 415. The third-order valence-corrected chi connectivity index (χ3v) is 4.68. The van der Waals surface area contributed by atoms with Gasteiger partial charge in [-0.15, -0.1) is 11.3 Å². The zero-order chi connectivity index (χ0) is 14.5. The third kappa shape index (κ3) is 4.43. The molecule has 1 saturated carbocycles. The van der Waals surface area contributed by atoms with Crippen LogP contribution in [0.1, 0.15) is 50.1 Å². The lowest BCUT2D eigenvalue weighted by molar-refractivity contribution is 0.154. The Balaban J connectivity index is 1.98. The molecule has 1 aromatic heterocycles. The summed E-state index contributed by atoms with van der Waals surface area (Å²) >= 11 is 1.82. The molecular formula is C15H27N3OS. The minimum Gasteiger partial charge on any atom is -0.380 e. The molecule has 2 rings (SSSR count). The van der Waals surface area contributed by atoms with Crippen molar-refractivity contribution in [1.82, 2.24) is 10.3 Å². The van der Waals surface area contributed by atoms with Gasteiger partial charge in [-0.25, -0.2) is 4.98 Å². The smallest absolute Gasteiger partial charge is 0.185 e. The average Bonchev–Trinajstić information content (AvgIpc) is 3.14. The topological polar surface area (TPSA) is 37.4 Å². The molecule has 4 nitrogen and oxygen atoms in total. The van der Waals surface area contributed by atoms with Gasteiger partial charge in [-0.05, 0) is 25.7 Å². The Hall–Kier alpha value is -0.650. The van der Waals surface area contributed by atoms with Crippen LogP contribution in [-0.4, -0.2) is 37.8 Å². The third-order valence-electron chi connectivity index (χ3n) is 3.49. The van der Waals surface area contributed by atoms with Crippen molar-refractivity contribution >= 4 is 16.5 Å². The van der Waals surface area contributed by atoms with Crippen LogP contribution < -0.4 is 10.2 Å². The SMILES string of the molecule is CCOCCN(C)c1nc(C(C)C)c(CNC2CC2)s1. The van der Waals surface area contributed by atoms with Crippen molar-refractivity contribution in [2.75, 3.05) is 31.7 Å². The van der Waals surface area contributed by atoms with Gasteiger partial charge in [-0.2, -0.15) is 0 Å². The van der Waals surface area contributed by atoms with Gasteiger partial charge in [0.15, 0.2) is 5.13 Å². The summed E-state index contributed by atoms with van der Waals surface area (Å²) < 4.78 is 5.42. The lowest BCUT2D eigenvalue weighted by Gasteiger charge is -2.15. The van der Waals surface area contributed by atoms with Crippen molar-refractivity contribution in [2.45, 2.75) is 52.1 Å². The second-order valence-corrected chi connectivity index (χ2v) is 6.80. The average molecular weight is 297 g/mol. The molecule has 1 aliphatic rings. The Labute approximate surface area is 126 Å². The predicted molar refractivity (Wildman–Crippen MR) is 85.8 cm³/mol. The molecular weight excluding hydrogens is 270 g/mol. The van der Waals surface area contributed by atoms with E-state index in [0.717, 1.165) is 37.5 Å². The molecule has 0 atom stereocenters. The molecule has 1 aromatic rings. The van der Waals surface area contributed by atoms with Crippen molar-refractivity contribution in [3.05, 3.63) is 10.6 Å². The first kappa shape index (κ1) is 15.7. The number of anilines is 1. The van der Waals surface area contributed by atoms with E-state index in [4.69, 9.17) is 9.72 Å². The van der Waals surface area contributed by atoms with Gasteiger partial charge in [0.25, 0.3) is 0 Å². The van der Waals surface area contributed by atoms with Crippen LogP contribution in [0, 0.1) is 0 Å². The van der Waals surface area contributed by atoms with Crippen LogP contribution in [0.15, 0.2) is 0 Å². The van der Waals surface area contributed by atoms with Crippen molar-refractivity contribution in [3.8, 4) is 0 Å². The van der Waals surface area contributed by atoms with E-state index in [0.29, 0.717) is 5.92 Å². The van der Waals surface area contributed by atoms with Gasteiger partial charge in [-0.3, -0.25) is 0 Å². The normalized spacial score (nSPS) is 15.1. The summed E-state index contributed by atoms with van der Waals surface area (Å²) in [7, 11) is 2.10. The van der Waals surface area contributed by atoms with Crippen molar-refractivity contribution in [3.63, 3.8) is 0 Å². The first-order valence-electron chi connectivity index (χ1n) is 7.63. The predicted octanol–water partition coefficient (Wildman–Crippen LogP) is 2.99. The molecule has 1 fully saturated rings. The number of likely N-dealkylation sites (N-methyl/N-ethyl adjacent to an activating group) is 1. The molecule has 5 heteroatoms. The maximum atomic E-state index is 5.42. The molecule has 20 heavy (non-hydrogen) atoms. The van der Waals surface area contributed by atoms with Crippen molar-refractivity contribution in [1.29, 1.82) is 0 Å². The lowest BCUT2D eigenvalue weighted by atomic mass is 10.1. The molecule has 0 radical (unpaired) electrons. The summed E-state index contributed by atoms with van der Waals surface area (Å²) in [6.45, 7) is 9.88. The zero-order valence-corrected chi connectivity index (χ0v) is 13.9. The summed E-state index contributed by atoms with van der Waals surface area (Å²) in [5.74, 6) is 0.483. The number of ether oxygens (including phenoxy) is 1. The van der Waals surface area contributed by atoms with Crippen molar-refractivity contribution in [2.24, 2.45) is 0 Å². The van der Waals surface area contributed by atoms with Gasteiger partial charge in [0, 0.05) is 37.7 Å². The molecule has 114 valence electrons. The summed E-state index contributed by atoms with van der Waals surface area (Å²) in [5.41, 5.74) is 1.25.